The summed E-state index contributed by atoms with van der Waals surface area (Å²) in [7, 11) is 0. The van der Waals surface area contributed by atoms with Crippen molar-refractivity contribution in [2.24, 2.45) is 0 Å². The molecule has 2 aliphatic heterocycles. The SMILES string of the molecule is CCCC1(C(=O)O)CCCN1C(=O)N1CCN(Cc2ccccc2)CC1. The molecule has 2 saturated heterocycles. The van der Waals surface area contributed by atoms with E-state index in [0.717, 1.165) is 32.5 Å². The van der Waals surface area contributed by atoms with E-state index in [1.165, 1.54) is 5.56 Å². The van der Waals surface area contributed by atoms with Crippen LogP contribution in [0.3, 0.4) is 0 Å². The monoisotopic (exact) mass is 359 g/mol. The standard InChI is InChI=1S/C20H29N3O3/c1-2-9-20(18(24)25)10-6-11-23(20)19(26)22-14-12-21(13-15-22)16-17-7-4-3-5-8-17/h3-5,7-8H,2,6,9-16H2,1H3,(H,24,25). The lowest BCUT2D eigenvalue weighted by Crippen LogP contribution is -2.59. The second-order valence-electron chi connectivity index (χ2n) is 7.37. The summed E-state index contributed by atoms with van der Waals surface area (Å²) in [5, 5.41) is 9.80. The van der Waals surface area contributed by atoms with Crippen LogP contribution < -0.4 is 0 Å². The second-order valence-corrected chi connectivity index (χ2v) is 7.37. The van der Waals surface area contributed by atoms with Gasteiger partial charge in [-0.3, -0.25) is 4.90 Å². The van der Waals surface area contributed by atoms with E-state index in [9.17, 15) is 14.7 Å². The third kappa shape index (κ3) is 3.70. The molecule has 0 bridgehead atoms. The number of urea groups is 1. The molecule has 6 nitrogen and oxygen atoms in total. The highest BCUT2D eigenvalue weighted by molar-refractivity contribution is 5.87. The van der Waals surface area contributed by atoms with Crippen LogP contribution >= 0.6 is 0 Å². The molecule has 1 aromatic carbocycles. The van der Waals surface area contributed by atoms with Crippen LogP contribution in [0.25, 0.3) is 0 Å². The first-order chi connectivity index (χ1) is 12.6. The van der Waals surface area contributed by atoms with Gasteiger partial charge in [0.15, 0.2) is 0 Å². The minimum atomic E-state index is -1.01. The van der Waals surface area contributed by atoms with Crippen molar-refractivity contribution in [2.75, 3.05) is 32.7 Å². The van der Waals surface area contributed by atoms with Crippen molar-refractivity contribution in [1.29, 1.82) is 0 Å². The van der Waals surface area contributed by atoms with Crippen LogP contribution in [0.1, 0.15) is 38.2 Å². The maximum Gasteiger partial charge on any atom is 0.329 e. The Morgan fingerprint density at radius 3 is 2.38 bits per heavy atom. The number of rotatable bonds is 5. The molecular formula is C20H29N3O3. The number of carboxylic acid groups (broad SMARTS) is 1. The van der Waals surface area contributed by atoms with Gasteiger partial charge in [0.1, 0.15) is 5.54 Å². The summed E-state index contributed by atoms with van der Waals surface area (Å²) in [4.78, 5) is 30.8. The Labute approximate surface area is 155 Å². The van der Waals surface area contributed by atoms with Crippen LogP contribution in [0.4, 0.5) is 4.79 Å². The molecule has 1 unspecified atom stereocenters. The molecule has 142 valence electrons. The van der Waals surface area contributed by atoms with Gasteiger partial charge in [0.25, 0.3) is 0 Å². The fourth-order valence-electron chi connectivity index (χ4n) is 4.27. The Morgan fingerprint density at radius 1 is 1.08 bits per heavy atom. The smallest absolute Gasteiger partial charge is 0.329 e. The molecular weight excluding hydrogens is 330 g/mol. The van der Waals surface area contributed by atoms with Gasteiger partial charge in [-0.2, -0.15) is 0 Å². The van der Waals surface area contributed by atoms with E-state index in [1.54, 1.807) is 4.90 Å². The van der Waals surface area contributed by atoms with Gasteiger partial charge in [-0.15, -0.1) is 0 Å². The van der Waals surface area contributed by atoms with Crippen molar-refractivity contribution in [1.82, 2.24) is 14.7 Å². The summed E-state index contributed by atoms with van der Waals surface area (Å²) >= 11 is 0. The zero-order chi connectivity index (χ0) is 18.6. The van der Waals surface area contributed by atoms with E-state index in [-0.39, 0.29) is 6.03 Å². The third-order valence-electron chi connectivity index (χ3n) is 5.67. The average molecular weight is 359 g/mol. The number of hydrogen-bond donors (Lipinski definition) is 1. The Bertz CT molecular complexity index is 628. The van der Waals surface area contributed by atoms with Gasteiger partial charge in [-0.05, 0) is 24.8 Å². The summed E-state index contributed by atoms with van der Waals surface area (Å²) in [6.45, 7) is 6.38. The van der Waals surface area contributed by atoms with Gasteiger partial charge in [0, 0.05) is 39.3 Å². The Hall–Kier alpha value is -2.08. The number of carbonyl (C=O) groups is 2. The van der Waals surface area contributed by atoms with Crippen molar-refractivity contribution in [3.63, 3.8) is 0 Å². The first kappa shape index (κ1) is 18.7. The van der Waals surface area contributed by atoms with E-state index in [4.69, 9.17) is 0 Å². The zero-order valence-corrected chi connectivity index (χ0v) is 15.6. The topological polar surface area (TPSA) is 64.1 Å². The summed E-state index contributed by atoms with van der Waals surface area (Å²) in [5.41, 5.74) is 0.271. The molecule has 26 heavy (non-hydrogen) atoms. The van der Waals surface area contributed by atoms with Gasteiger partial charge in [-0.25, -0.2) is 9.59 Å². The summed E-state index contributed by atoms with van der Waals surface area (Å²) in [5.74, 6) is -0.854. The van der Waals surface area contributed by atoms with Crippen molar-refractivity contribution in [2.45, 2.75) is 44.7 Å². The quantitative estimate of drug-likeness (QED) is 0.878. The summed E-state index contributed by atoms with van der Waals surface area (Å²) in [6, 6.07) is 10.2. The maximum atomic E-state index is 13.0. The molecule has 2 amide bonds. The number of piperazine rings is 1. The number of likely N-dealkylation sites (tertiary alicyclic amines) is 1. The molecule has 1 aromatic rings. The number of benzene rings is 1. The minimum Gasteiger partial charge on any atom is -0.479 e. The highest BCUT2D eigenvalue weighted by atomic mass is 16.4. The van der Waals surface area contributed by atoms with E-state index in [2.05, 4.69) is 17.0 Å². The lowest BCUT2D eigenvalue weighted by molar-refractivity contribution is -0.149. The van der Waals surface area contributed by atoms with Crippen LogP contribution in [0, 0.1) is 0 Å². The molecule has 0 aromatic heterocycles. The van der Waals surface area contributed by atoms with Gasteiger partial charge in [0.2, 0.25) is 0 Å². The highest BCUT2D eigenvalue weighted by Gasteiger charge is 2.50. The van der Waals surface area contributed by atoms with Crippen molar-refractivity contribution >= 4 is 12.0 Å². The van der Waals surface area contributed by atoms with Crippen LogP contribution in [0.2, 0.25) is 0 Å². The molecule has 0 aliphatic carbocycles. The van der Waals surface area contributed by atoms with E-state index < -0.39 is 11.5 Å². The lowest BCUT2D eigenvalue weighted by Gasteiger charge is -2.41. The molecule has 1 atom stereocenters. The minimum absolute atomic E-state index is 0.0993. The highest BCUT2D eigenvalue weighted by Crippen LogP contribution is 2.35. The lowest BCUT2D eigenvalue weighted by atomic mass is 9.91. The molecule has 6 heteroatoms. The Balaban J connectivity index is 1.60. The predicted octanol–water partition coefficient (Wildman–Crippen LogP) is 2.64. The number of carboxylic acids is 1. The van der Waals surface area contributed by atoms with Crippen molar-refractivity contribution < 1.29 is 14.7 Å². The van der Waals surface area contributed by atoms with Crippen molar-refractivity contribution in [3.8, 4) is 0 Å². The predicted molar refractivity (Wildman–Crippen MR) is 99.9 cm³/mol. The molecule has 3 rings (SSSR count). The number of aliphatic carboxylic acids is 1. The Morgan fingerprint density at radius 2 is 1.77 bits per heavy atom. The molecule has 2 fully saturated rings. The third-order valence-corrected chi connectivity index (χ3v) is 5.67. The fraction of sp³-hybridized carbons (Fsp3) is 0.600. The first-order valence-corrected chi connectivity index (χ1v) is 9.63. The number of hydrogen-bond acceptors (Lipinski definition) is 3. The summed E-state index contributed by atoms with van der Waals surface area (Å²) in [6.07, 6.45) is 2.63. The first-order valence-electron chi connectivity index (χ1n) is 9.63. The van der Waals surface area contributed by atoms with E-state index in [0.29, 0.717) is 32.5 Å². The van der Waals surface area contributed by atoms with Gasteiger partial charge in [0.05, 0.1) is 0 Å². The van der Waals surface area contributed by atoms with Gasteiger partial charge >= 0.3 is 12.0 Å². The molecule has 0 spiro atoms. The van der Waals surface area contributed by atoms with E-state index in [1.807, 2.05) is 30.0 Å². The maximum absolute atomic E-state index is 13.0. The Kier molecular flexibility index (Phi) is 5.81. The van der Waals surface area contributed by atoms with Crippen molar-refractivity contribution in [3.05, 3.63) is 35.9 Å². The number of amides is 2. The normalized spacial score (nSPS) is 24.0. The van der Waals surface area contributed by atoms with E-state index >= 15 is 0 Å². The van der Waals surface area contributed by atoms with Crippen LogP contribution in [0.5, 0.6) is 0 Å². The average Bonchev–Trinajstić information content (AvgIpc) is 3.08. The van der Waals surface area contributed by atoms with Gasteiger partial charge < -0.3 is 14.9 Å². The zero-order valence-electron chi connectivity index (χ0n) is 15.6. The molecule has 0 saturated carbocycles. The van der Waals surface area contributed by atoms with Crippen LogP contribution in [-0.2, 0) is 11.3 Å². The second kappa shape index (κ2) is 8.08. The summed E-state index contributed by atoms with van der Waals surface area (Å²) < 4.78 is 0. The van der Waals surface area contributed by atoms with Crippen LogP contribution in [-0.4, -0.2) is 70.1 Å². The number of carbonyl (C=O) groups excluding carboxylic acids is 1. The molecule has 2 aliphatic rings. The molecule has 0 radical (unpaired) electrons. The molecule has 2 heterocycles. The largest absolute Gasteiger partial charge is 0.479 e. The van der Waals surface area contributed by atoms with Gasteiger partial charge in [-0.1, -0.05) is 43.7 Å². The van der Waals surface area contributed by atoms with Crippen LogP contribution in [0.15, 0.2) is 30.3 Å². The number of nitrogens with zero attached hydrogens (tertiary/aromatic N) is 3. The molecule has 1 N–H and O–H groups in total. The fourth-order valence-corrected chi connectivity index (χ4v) is 4.27.